The smallest absolute Gasteiger partial charge is 0.378 e. The molecular formula is C20H19F5N4O4. The summed E-state index contributed by atoms with van der Waals surface area (Å²) in [6.07, 6.45) is -4.49. The van der Waals surface area contributed by atoms with Gasteiger partial charge >= 0.3 is 6.18 Å². The van der Waals surface area contributed by atoms with Crippen molar-refractivity contribution >= 4 is 23.2 Å². The van der Waals surface area contributed by atoms with Gasteiger partial charge in [0.1, 0.15) is 17.3 Å². The van der Waals surface area contributed by atoms with Crippen molar-refractivity contribution in [3.63, 3.8) is 0 Å². The quantitative estimate of drug-likeness (QED) is 0.211. The second-order valence-electron chi connectivity index (χ2n) is 6.75. The summed E-state index contributed by atoms with van der Waals surface area (Å²) >= 11 is 0. The zero-order valence-electron chi connectivity index (χ0n) is 17.0. The molecule has 3 N–H and O–H groups in total. The monoisotopic (exact) mass is 474 g/mol. The Labute approximate surface area is 184 Å². The molecule has 0 fully saturated rings. The van der Waals surface area contributed by atoms with E-state index in [9.17, 15) is 41.7 Å². The fourth-order valence-electron chi connectivity index (χ4n) is 2.72. The van der Waals surface area contributed by atoms with E-state index < -0.39 is 45.8 Å². The van der Waals surface area contributed by atoms with Gasteiger partial charge in [0.15, 0.2) is 0 Å². The Kier molecular flexibility index (Phi) is 8.65. The van der Waals surface area contributed by atoms with Crippen molar-refractivity contribution in [2.45, 2.75) is 19.0 Å². The van der Waals surface area contributed by atoms with Crippen molar-refractivity contribution in [1.82, 2.24) is 10.6 Å². The highest BCUT2D eigenvalue weighted by Gasteiger charge is 2.33. The first kappa shape index (κ1) is 25.5. The summed E-state index contributed by atoms with van der Waals surface area (Å²) in [5.74, 6) is -2.98. The second-order valence-corrected chi connectivity index (χ2v) is 6.75. The number of halogens is 5. The van der Waals surface area contributed by atoms with Gasteiger partial charge in [-0.25, -0.2) is 8.78 Å². The van der Waals surface area contributed by atoms with Crippen LogP contribution in [0.2, 0.25) is 0 Å². The Balaban J connectivity index is 1.71. The Morgan fingerprint density at radius 3 is 2.33 bits per heavy atom. The van der Waals surface area contributed by atoms with Gasteiger partial charge in [-0.2, -0.15) is 13.2 Å². The minimum Gasteiger partial charge on any atom is -0.378 e. The van der Waals surface area contributed by atoms with Crippen molar-refractivity contribution in [2.24, 2.45) is 0 Å². The molecule has 0 saturated heterocycles. The van der Waals surface area contributed by atoms with Gasteiger partial charge in [-0.1, -0.05) is 0 Å². The second kappa shape index (κ2) is 11.2. The van der Waals surface area contributed by atoms with Gasteiger partial charge in [-0.3, -0.25) is 19.7 Å². The van der Waals surface area contributed by atoms with Crippen LogP contribution in [0.4, 0.5) is 33.3 Å². The molecule has 8 nitrogen and oxygen atoms in total. The van der Waals surface area contributed by atoms with Gasteiger partial charge in [0.2, 0.25) is 5.91 Å². The van der Waals surface area contributed by atoms with Crippen LogP contribution in [0.5, 0.6) is 0 Å². The molecule has 2 rings (SSSR count). The van der Waals surface area contributed by atoms with E-state index >= 15 is 0 Å². The van der Waals surface area contributed by atoms with Crippen molar-refractivity contribution in [1.29, 1.82) is 0 Å². The van der Waals surface area contributed by atoms with E-state index in [4.69, 9.17) is 0 Å². The summed E-state index contributed by atoms with van der Waals surface area (Å²) in [6, 6.07) is 4.59. The molecule has 0 radical (unpaired) electrons. The fourth-order valence-corrected chi connectivity index (χ4v) is 2.72. The molecule has 0 aliphatic carbocycles. The molecule has 2 amide bonds. The summed E-state index contributed by atoms with van der Waals surface area (Å²) in [6.45, 7) is 0.0990. The normalized spacial score (nSPS) is 11.1. The number of hydrogen-bond donors (Lipinski definition) is 3. The molecule has 0 aliphatic heterocycles. The Hall–Kier alpha value is -3.77. The minimum absolute atomic E-state index is 0.00655. The lowest BCUT2D eigenvalue weighted by Gasteiger charge is -2.11. The Morgan fingerprint density at radius 2 is 1.70 bits per heavy atom. The van der Waals surface area contributed by atoms with Crippen LogP contribution < -0.4 is 16.0 Å². The molecule has 178 valence electrons. The van der Waals surface area contributed by atoms with E-state index in [1.807, 2.05) is 0 Å². The molecule has 0 unspecified atom stereocenters. The lowest BCUT2D eigenvalue weighted by Crippen LogP contribution is -2.30. The first-order chi connectivity index (χ1) is 15.5. The van der Waals surface area contributed by atoms with Gasteiger partial charge in [0.25, 0.3) is 11.6 Å². The first-order valence-electron chi connectivity index (χ1n) is 9.58. The van der Waals surface area contributed by atoms with Crippen LogP contribution in [0.1, 0.15) is 28.8 Å². The van der Waals surface area contributed by atoms with Crippen LogP contribution in [0, 0.1) is 21.7 Å². The molecular weight excluding hydrogens is 455 g/mol. The van der Waals surface area contributed by atoms with Gasteiger partial charge < -0.3 is 16.0 Å². The number of anilines is 1. The molecule has 0 heterocycles. The topological polar surface area (TPSA) is 113 Å². The molecule has 0 aliphatic rings. The fraction of sp³-hybridized carbons (Fsp3) is 0.300. The molecule has 0 aromatic heterocycles. The van der Waals surface area contributed by atoms with Crippen LogP contribution in [0.3, 0.4) is 0 Å². The third kappa shape index (κ3) is 7.70. The highest BCUT2D eigenvalue weighted by atomic mass is 19.4. The van der Waals surface area contributed by atoms with Crippen LogP contribution in [0.25, 0.3) is 0 Å². The number of hydrogen-bond acceptors (Lipinski definition) is 5. The van der Waals surface area contributed by atoms with E-state index in [1.165, 1.54) is 0 Å². The standard InChI is InChI=1S/C20H19F5N4O4/c21-13-4-5-14(15(22)11-13)19(31)28-7-1-2-18(30)27-9-8-26-16-6-3-12(20(23,24)25)10-17(16)29(32)33/h3-6,10-11,26H,1-2,7-9H2,(H,27,30)(H,28,31). The number of nitrogens with one attached hydrogen (secondary N) is 3. The predicted molar refractivity (Wildman–Crippen MR) is 108 cm³/mol. The summed E-state index contributed by atoms with van der Waals surface area (Å²) in [7, 11) is 0. The number of alkyl halides is 3. The third-order valence-corrected chi connectivity index (χ3v) is 4.33. The summed E-state index contributed by atoms with van der Waals surface area (Å²) in [5, 5.41) is 18.5. The molecule has 0 bridgehead atoms. The Morgan fingerprint density at radius 1 is 0.970 bits per heavy atom. The number of carbonyl (C=O) groups is 2. The highest BCUT2D eigenvalue weighted by Crippen LogP contribution is 2.34. The van der Waals surface area contributed by atoms with Gasteiger partial charge in [-0.15, -0.1) is 0 Å². The third-order valence-electron chi connectivity index (χ3n) is 4.33. The zero-order valence-corrected chi connectivity index (χ0v) is 17.0. The molecule has 0 spiro atoms. The maximum Gasteiger partial charge on any atom is 0.416 e. The molecule has 0 saturated carbocycles. The van der Waals surface area contributed by atoms with Gasteiger partial charge in [0.05, 0.1) is 16.1 Å². The molecule has 0 atom stereocenters. The van der Waals surface area contributed by atoms with E-state index in [0.29, 0.717) is 18.2 Å². The van der Waals surface area contributed by atoms with Crippen LogP contribution in [-0.4, -0.2) is 36.4 Å². The maximum atomic E-state index is 13.5. The largest absolute Gasteiger partial charge is 0.416 e. The molecule has 2 aromatic rings. The summed E-state index contributed by atoms with van der Waals surface area (Å²) in [4.78, 5) is 33.7. The van der Waals surface area contributed by atoms with Crippen molar-refractivity contribution in [2.75, 3.05) is 25.0 Å². The predicted octanol–water partition coefficient (Wildman–Crippen LogP) is 3.63. The van der Waals surface area contributed by atoms with E-state index in [0.717, 1.165) is 18.2 Å². The number of nitro benzene ring substituents is 1. The lowest BCUT2D eigenvalue weighted by molar-refractivity contribution is -0.384. The zero-order chi connectivity index (χ0) is 24.6. The SMILES string of the molecule is O=C(CCCNC(=O)c1ccc(F)cc1F)NCCNc1ccc(C(F)(F)F)cc1[N+](=O)[O-]. The average Bonchev–Trinajstić information content (AvgIpc) is 2.73. The van der Waals surface area contributed by atoms with E-state index in [1.54, 1.807) is 0 Å². The number of nitro groups is 1. The van der Waals surface area contributed by atoms with Crippen molar-refractivity contribution < 1.29 is 36.5 Å². The Bertz CT molecular complexity index is 1030. The van der Waals surface area contributed by atoms with Gasteiger partial charge in [0, 0.05) is 38.2 Å². The van der Waals surface area contributed by atoms with Crippen molar-refractivity contribution in [3.05, 3.63) is 69.3 Å². The number of benzene rings is 2. The minimum atomic E-state index is -4.72. The average molecular weight is 474 g/mol. The number of nitrogens with zero attached hydrogens (tertiary/aromatic N) is 1. The first-order valence-corrected chi connectivity index (χ1v) is 9.58. The maximum absolute atomic E-state index is 13.5. The molecule has 33 heavy (non-hydrogen) atoms. The number of carbonyl (C=O) groups excluding carboxylic acids is 2. The highest BCUT2D eigenvalue weighted by molar-refractivity contribution is 5.94. The van der Waals surface area contributed by atoms with Crippen LogP contribution in [-0.2, 0) is 11.0 Å². The molecule has 2 aromatic carbocycles. The summed E-state index contributed by atoms with van der Waals surface area (Å²) in [5.41, 5.74) is -2.35. The molecule has 13 heteroatoms. The van der Waals surface area contributed by atoms with Gasteiger partial charge in [-0.05, 0) is 30.7 Å². The summed E-state index contributed by atoms with van der Waals surface area (Å²) < 4.78 is 64.5. The number of rotatable bonds is 10. The van der Waals surface area contributed by atoms with Crippen molar-refractivity contribution in [3.8, 4) is 0 Å². The van der Waals surface area contributed by atoms with E-state index in [2.05, 4.69) is 16.0 Å². The lowest BCUT2D eigenvalue weighted by atomic mass is 10.1. The van der Waals surface area contributed by atoms with E-state index in [-0.39, 0.29) is 43.7 Å². The number of amides is 2. The van der Waals surface area contributed by atoms with Crippen LogP contribution in [0.15, 0.2) is 36.4 Å². The van der Waals surface area contributed by atoms with Crippen LogP contribution >= 0.6 is 0 Å².